The molecular formula is C9H7Cl2O2S-. The van der Waals surface area contributed by atoms with Gasteiger partial charge >= 0.3 is 0 Å². The second-order valence-electron chi connectivity index (χ2n) is 2.61. The zero-order valence-electron chi connectivity index (χ0n) is 7.13. The lowest BCUT2D eigenvalue weighted by Gasteiger charge is -2.03. The Kier molecular flexibility index (Phi) is 4.58. The van der Waals surface area contributed by atoms with Crippen molar-refractivity contribution in [3.05, 3.63) is 33.8 Å². The molecule has 0 aliphatic heterocycles. The molecule has 1 rings (SSSR count). The van der Waals surface area contributed by atoms with Gasteiger partial charge in [-0.1, -0.05) is 29.3 Å². The van der Waals surface area contributed by atoms with Gasteiger partial charge in [0, 0.05) is 11.5 Å². The minimum Gasteiger partial charge on any atom is -0.549 e. The maximum Gasteiger partial charge on any atom is 0.0595 e. The van der Waals surface area contributed by atoms with Crippen LogP contribution < -0.4 is 5.11 Å². The van der Waals surface area contributed by atoms with Gasteiger partial charge in [0.25, 0.3) is 0 Å². The molecule has 14 heavy (non-hydrogen) atoms. The summed E-state index contributed by atoms with van der Waals surface area (Å²) in [6.45, 7) is 0. The van der Waals surface area contributed by atoms with E-state index in [2.05, 4.69) is 0 Å². The molecule has 0 bridgehead atoms. The summed E-state index contributed by atoms with van der Waals surface area (Å²) in [6, 6.07) is 5.24. The number of carbonyl (C=O) groups excluding carboxylic acids is 1. The van der Waals surface area contributed by atoms with Crippen LogP contribution in [0.25, 0.3) is 0 Å². The van der Waals surface area contributed by atoms with E-state index in [1.54, 1.807) is 12.1 Å². The second kappa shape index (κ2) is 5.49. The number of aliphatic carboxylic acids is 1. The molecule has 0 radical (unpaired) electrons. The van der Waals surface area contributed by atoms with E-state index in [0.717, 1.165) is 5.56 Å². The van der Waals surface area contributed by atoms with E-state index in [9.17, 15) is 9.90 Å². The molecule has 0 unspecified atom stereocenters. The van der Waals surface area contributed by atoms with Crippen LogP contribution in [0.3, 0.4) is 0 Å². The van der Waals surface area contributed by atoms with Crippen LogP contribution in [0.4, 0.5) is 0 Å². The zero-order valence-corrected chi connectivity index (χ0v) is 9.46. The highest BCUT2D eigenvalue weighted by Crippen LogP contribution is 2.24. The SMILES string of the molecule is O=C([O-])CSCc1ccc(Cl)c(Cl)c1. The van der Waals surface area contributed by atoms with Crippen molar-refractivity contribution >= 4 is 40.9 Å². The molecule has 0 aliphatic rings. The minimum atomic E-state index is -1.06. The number of thioether (sulfide) groups is 1. The first-order valence-corrected chi connectivity index (χ1v) is 5.72. The Morgan fingerprint density at radius 1 is 1.36 bits per heavy atom. The first kappa shape index (κ1) is 11.7. The fourth-order valence-corrected chi connectivity index (χ4v) is 1.89. The molecular weight excluding hydrogens is 243 g/mol. The third-order valence-electron chi connectivity index (χ3n) is 1.47. The maximum absolute atomic E-state index is 10.1. The molecule has 0 aromatic heterocycles. The van der Waals surface area contributed by atoms with Gasteiger partial charge in [-0.2, -0.15) is 11.8 Å². The van der Waals surface area contributed by atoms with Crippen LogP contribution in [0, 0.1) is 0 Å². The first-order valence-electron chi connectivity index (χ1n) is 3.81. The van der Waals surface area contributed by atoms with Crippen molar-refractivity contribution < 1.29 is 9.90 Å². The predicted molar refractivity (Wildman–Crippen MR) is 57.6 cm³/mol. The molecule has 0 atom stereocenters. The third kappa shape index (κ3) is 3.78. The van der Waals surface area contributed by atoms with Crippen LogP contribution in [0.1, 0.15) is 5.56 Å². The van der Waals surface area contributed by atoms with Crippen LogP contribution in [-0.2, 0) is 10.5 Å². The van der Waals surface area contributed by atoms with Crippen molar-refractivity contribution in [1.29, 1.82) is 0 Å². The van der Waals surface area contributed by atoms with E-state index >= 15 is 0 Å². The second-order valence-corrected chi connectivity index (χ2v) is 4.41. The monoisotopic (exact) mass is 249 g/mol. The molecule has 5 heteroatoms. The first-order chi connectivity index (χ1) is 6.59. The van der Waals surface area contributed by atoms with E-state index in [4.69, 9.17) is 23.2 Å². The molecule has 0 saturated carbocycles. The minimum absolute atomic E-state index is 0.0136. The van der Waals surface area contributed by atoms with Gasteiger partial charge in [0.05, 0.1) is 16.0 Å². The highest BCUT2D eigenvalue weighted by atomic mass is 35.5. The van der Waals surface area contributed by atoms with Crippen molar-refractivity contribution in [2.24, 2.45) is 0 Å². The predicted octanol–water partition coefficient (Wildman–Crippen LogP) is 1.98. The Morgan fingerprint density at radius 2 is 2.07 bits per heavy atom. The normalized spacial score (nSPS) is 10.1. The Bertz CT molecular complexity index is 342. The standard InChI is InChI=1S/C9H8Cl2O2S/c10-7-2-1-6(3-8(7)11)4-14-5-9(12)13/h1-3H,4-5H2,(H,12,13)/p-1. The molecule has 0 fully saturated rings. The Hall–Kier alpha value is -0.380. The summed E-state index contributed by atoms with van der Waals surface area (Å²) in [7, 11) is 0. The number of benzene rings is 1. The summed E-state index contributed by atoms with van der Waals surface area (Å²) >= 11 is 12.8. The van der Waals surface area contributed by atoms with Gasteiger partial charge < -0.3 is 9.90 Å². The van der Waals surface area contributed by atoms with Crippen LogP contribution >= 0.6 is 35.0 Å². The molecule has 1 aromatic carbocycles. The number of halogens is 2. The van der Waals surface area contributed by atoms with Crippen molar-refractivity contribution in [1.82, 2.24) is 0 Å². The number of carbonyl (C=O) groups is 1. The summed E-state index contributed by atoms with van der Waals surface area (Å²) in [5.74, 6) is -0.486. The summed E-state index contributed by atoms with van der Waals surface area (Å²) in [4.78, 5) is 10.1. The van der Waals surface area contributed by atoms with E-state index in [-0.39, 0.29) is 5.75 Å². The maximum atomic E-state index is 10.1. The number of carboxylic acid groups (broad SMARTS) is 1. The quantitative estimate of drug-likeness (QED) is 0.820. The van der Waals surface area contributed by atoms with Gasteiger partial charge in [0.1, 0.15) is 0 Å². The van der Waals surface area contributed by atoms with E-state index in [1.165, 1.54) is 11.8 Å². The van der Waals surface area contributed by atoms with Gasteiger partial charge in [0.2, 0.25) is 0 Å². The van der Waals surface area contributed by atoms with Crippen molar-refractivity contribution in [2.45, 2.75) is 5.75 Å². The van der Waals surface area contributed by atoms with Crippen LogP contribution in [-0.4, -0.2) is 11.7 Å². The average molecular weight is 250 g/mol. The molecule has 2 nitrogen and oxygen atoms in total. The van der Waals surface area contributed by atoms with Gasteiger partial charge in [-0.05, 0) is 17.7 Å². The summed E-state index contributed by atoms with van der Waals surface area (Å²) in [5.41, 5.74) is 0.950. The lowest BCUT2D eigenvalue weighted by molar-refractivity contribution is -0.301. The molecule has 0 amide bonds. The van der Waals surface area contributed by atoms with Crippen LogP contribution in [0.15, 0.2) is 18.2 Å². The van der Waals surface area contributed by atoms with Gasteiger partial charge in [-0.3, -0.25) is 0 Å². The Balaban J connectivity index is 2.51. The third-order valence-corrected chi connectivity index (χ3v) is 3.19. The van der Waals surface area contributed by atoms with Crippen LogP contribution in [0.2, 0.25) is 10.0 Å². The molecule has 0 N–H and O–H groups in total. The summed E-state index contributed by atoms with van der Waals surface area (Å²) < 4.78 is 0. The lowest BCUT2D eigenvalue weighted by atomic mass is 10.2. The Morgan fingerprint density at radius 3 is 2.64 bits per heavy atom. The van der Waals surface area contributed by atoms with Gasteiger partial charge in [-0.15, -0.1) is 0 Å². The number of hydrogen-bond acceptors (Lipinski definition) is 3. The molecule has 0 spiro atoms. The fraction of sp³-hybridized carbons (Fsp3) is 0.222. The fourth-order valence-electron chi connectivity index (χ4n) is 0.882. The van der Waals surface area contributed by atoms with E-state index in [0.29, 0.717) is 15.8 Å². The lowest BCUT2D eigenvalue weighted by Crippen LogP contribution is -2.24. The largest absolute Gasteiger partial charge is 0.549 e. The van der Waals surface area contributed by atoms with E-state index < -0.39 is 5.97 Å². The Labute approximate surface area is 96.2 Å². The van der Waals surface area contributed by atoms with Crippen molar-refractivity contribution in [2.75, 3.05) is 5.75 Å². The molecule has 1 aromatic rings. The van der Waals surface area contributed by atoms with Gasteiger partial charge in [-0.25, -0.2) is 0 Å². The molecule has 0 heterocycles. The van der Waals surface area contributed by atoms with Crippen LogP contribution in [0.5, 0.6) is 0 Å². The zero-order chi connectivity index (χ0) is 10.6. The molecule has 0 saturated heterocycles. The van der Waals surface area contributed by atoms with Crippen molar-refractivity contribution in [3.8, 4) is 0 Å². The van der Waals surface area contributed by atoms with Crippen molar-refractivity contribution in [3.63, 3.8) is 0 Å². The highest BCUT2D eigenvalue weighted by Gasteiger charge is 1.99. The molecule has 0 aliphatic carbocycles. The number of carboxylic acids is 1. The van der Waals surface area contributed by atoms with E-state index in [1.807, 2.05) is 6.07 Å². The topological polar surface area (TPSA) is 40.1 Å². The number of rotatable bonds is 4. The summed E-state index contributed by atoms with van der Waals surface area (Å²) in [5, 5.41) is 11.1. The van der Waals surface area contributed by atoms with Gasteiger partial charge in [0.15, 0.2) is 0 Å². The highest BCUT2D eigenvalue weighted by molar-refractivity contribution is 7.99. The smallest absolute Gasteiger partial charge is 0.0595 e. The summed E-state index contributed by atoms with van der Waals surface area (Å²) in [6.07, 6.45) is 0. The molecule has 76 valence electrons. The number of hydrogen-bond donors (Lipinski definition) is 0. The average Bonchev–Trinajstić information content (AvgIpc) is 2.10.